The minimum atomic E-state index is -0.393. The Balaban J connectivity index is 1.93. The molecule has 0 saturated carbocycles. The minimum Gasteiger partial charge on any atom is -0.461 e. The molecule has 3 rings (SSSR count). The molecule has 1 aromatic carbocycles. The van der Waals surface area contributed by atoms with Gasteiger partial charge in [0, 0.05) is 18.8 Å². The molecule has 0 unspecified atom stereocenters. The Labute approximate surface area is 184 Å². The van der Waals surface area contributed by atoms with E-state index in [-0.39, 0.29) is 11.7 Å². The maximum absolute atomic E-state index is 13.2. The van der Waals surface area contributed by atoms with Crippen LogP contribution in [0.25, 0.3) is 0 Å². The normalized spacial score (nSPS) is 10.8. The third-order valence-corrected chi connectivity index (χ3v) is 5.41. The molecule has 7 heteroatoms. The van der Waals surface area contributed by atoms with Gasteiger partial charge in [0.15, 0.2) is 10.4 Å². The van der Waals surface area contributed by atoms with Crippen LogP contribution in [0.1, 0.15) is 55.9 Å². The van der Waals surface area contributed by atoms with Gasteiger partial charge in [0.25, 0.3) is 5.91 Å². The van der Waals surface area contributed by atoms with Crippen LogP contribution in [0.15, 0.2) is 45.5 Å². The van der Waals surface area contributed by atoms with E-state index in [4.69, 9.17) is 9.15 Å². The van der Waals surface area contributed by atoms with Gasteiger partial charge in [-0.3, -0.25) is 4.79 Å². The minimum absolute atomic E-state index is 0.223. The molecule has 2 heterocycles. The second-order valence-electron chi connectivity index (χ2n) is 7.20. The molecule has 0 bridgehead atoms. The first-order valence-electron chi connectivity index (χ1n) is 9.75. The van der Waals surface area contributed by atoms with Crippen LogP contribution in [0.3, 0.4) is 0 Å². The van der Waals surface area contributed by atoms with Crippen LogP contribution in [-0.2, 0) is 17.8 Å². The summed E-state index contributed by atoms with van der Waals surface area (Å²) in [6, 6.07) is 11.4. The van der Waals surface area contributed by atoms with Crippen molar-refractivity contribution in [3.8, 4) is 0 Å². The Morgan fingerprint density at radius 2 is 1.77 bits per heavy atom. The summed E-state index contributed by atoms with van der Waals surface area (Å²) in [6.45, 7) is 8.60. The van der Waals surface area contributed by atoms with E-state index in [0.29, 0.717) is 30.1 Å². The molecule has 158 valence electrons. The summed E-state index contributed by atoms with van der Waals surface area (Å²) < 4.78 is 11.1. The summed E-state index contributed by atoms with van der Waals surface area (Å²) in [6.07, 6.45) is 0. The molecule has 0 aliphatic rings. The number of aromatic nitrogens is 1. The van der Waals surface area contributed by atoms with E-state index in [0.717, 1.165) is 27.9 Å². The zero-order chi connectivity index (χ0) is 21.8. The van der Waals surface area contributed by atoms with E-state index in [2.05, 4.69) is 20.9 Å². The first-order chi connectivity index (χ1) is 14.3. The fourth-order valence-electron chi connectivity index (χ4n) is 3.32. The highest BCUT2D eigenvalue weighted by Crippen LogP contribution is 2.24. The topological polar surface area (TPSA) is 75.5 Å². The Bertz CT molecular complexity index is 1050. The predicted molar refractivity (Wildman–Crippen MR) is 117 cm³/mol. The number of furan rings is 1. The van der Waals surface area contributed by atoms with E-state index in [9.17, 15) is 9.59 Å². The molecule has 0 atom stereocenters. The maximum Gasteiger partial charge on any atom is 0.355 e. The molecule has 0 fully saturated rings. The predicted octanol–water partition coefficient (Wildman–Crippen LogP) is 5.31. The number of hydrogen-bond acceptors (Lipinski definition) is 4. The van der Waals surface area contributed by atoms with E-state index in [1.807, 2.05) is 45.0 Å². The van der Waals surface area contributed by atoms with Crippen LogP contribution in [0, 0.1) is 20.8 Å². The zero-order valence-corrected chi connectivity index (χ0v) is 19.1. The number of carbonyl (C=O) groups is 2. The SMILES string of the molecule is CCOC(=O)c1[nH]c(C)c(CN(Cc2ccc(C)cc2)C(=O)c2ccc(Br)o2)c1C. The van der Waals surface area contributed by atoms with Gasteiger partial charge in [-0.2, -0.15) is 0 Å². The van der Waals surface area contributed by atoms with Crippen molar-refractivity contribution in [2.75, 3.05) is 6.61 Å². The highest BCUT2D eigenvalue weighted by molar-refractivity contribution is 9.10. The molecule has 0 aliphatic heterocycles. The van der Waals surface area contributed by atoms with Gasteiger partial charge < -0.3 is 19.0 Å². The smallest absolute Gasteiger partial charge is 0.355 e. The number of amides is 1. The number of hydrogen-bond donors (Lipinski definition) is 1. The lowest BCUT2D eigenvalue weighted by Crippen LogP contribution is -2.30. The van der Waals surface area contributed by atoms with Crippen molar-refractivity contribution in [3.63, 3.8) is 0 Å². The largest absolute Gasteiger partial charge is 0.461 e. The molecular formula is C23H25BrN2O4. The van der Waals surface area contributed by atoms with Gasteiger partial charge in [0.1, 0.15) is 5.69 Å². The van der Waals surface area contributed by atoms with Gasteiger partial charge in [-0.15, -0.1) is 0 Å². The number of ether oxygens (including phenoxy) is 1. The molecule has 6 nitrogen and oxygen atoms in total. The third kappa shape index (κ3) is 4.84. The lowest BCUT2D eigenvalue weighted by atomic mass is 10.1. The van der Waals surface area contributed by atoms with Gasteiger partial charge in [-0.05, 0) is 72.4 Å². The van der Waals surface area contributed by atoms with Crippen molar-refractivity contribution in [2.24, 2.45) is 0 Å². The molecular weight excluding hydrogens is 448 g/mol. The van der Waals surface area contributed by atoms with Gasteiger partial charge in [0.2, 0.25) is 0 Å². The molecule has 2 aromatic heterocycles. The summed E-state index contributed by atoms with van der Waals surface area (Å²) in [5, 5.41) is 0. The first-order valence-corrected chi connectivity index (χ1v) is 10.5. The standard InChI is InChI=1S/C23H25BrN2O4/c1-5-29-23(28)21-15(3)18(16(4)25-21)13-26(12-17-8-6-14(2)7-9-17)22(27)19-10-11-20(24)30-19/h6-11,25H,5,12-13H2,1-4H3. The fourth-order valence-corrected chi connectivity index (χ4v) is 3.63. The van der Waals surface area contributed by atoms with Crippen molar-refractivity contribution in [2.45, 2.75) is 40.8 Å². The fraction of sp³-hybridized carbons (Fsp3) is 0.304. The Hall–Kier alpha value is -2.80. The number of aryl methyl sites for hydroxylation is 2. The lowest BCUT2D eigenvalue weighted by molar-refractivity contribution is 0.0519. The number of rotatable bonds is 7. The third-order valence-electron chi connectivity index (χ3n) is 4.99. The highest BCUT2D eigenvalue weighted by Gasteiger charge is 2.24. The van der Waals surface area contributed by atoms with E-state index >= 15 is 0 Å². The number of carbonyl (C=O) groups excluding carboxylic acids is 2. The quantitative estimate of drug-likeness (QED) is 0.472. The second kappa shape index (κ2) is 9.34. The Morgan fingerprint density at radius 3 is 2.37 bits per heavy atom. The van der Waals surface area contributed by atoms with Crippen molar-refractivity contribution in [1.29, 1.82) is 0 Å². The van der Waals surface area contributed by atoms with Crippen LogP contribution in [0.4, 0.5) is 0 Å². The molecule has 0 spiro atoms. The van der Waals surface area contributed by atoms with E-state index in [1.165, 1.54) is 0 Å². The van der Waals surface area contributed by atoms with Crippen LogP contribution < -0.4 is 0 Å². The Kier molecular flexibility index (Phi) is 6.82. The van der Waals surface area contributed by atoms with Gasteiger partial charge in [-0.1, -0.05) is 29.8 Å². The maximum atomic E-state index is 13.2. The first kappa shape index (κ1) is 21.9. The molecule has 0 saturated heterocycles. The molecule has 0 aliphatic carbocycles. The molecule has 30 heavy (non-hydrogen) atoms. The Morgan fingerprint density at radius 1 is 1.07 bits per heavy atom. The number of H-pyrrole nitrogens is 1. The summed E-state index contributed by atoms with van der Waals surface area (Å²) >= 11 is 3.25. The number of nitrogens with zero attached hydrogens (tertiary/aromatic N) is 1. The van der Waals surface area contributed by atoms with Crippen LogP contribution in [0.5, 0.6) is 0 Å². The van der Waals surface area contributed by atoms with E-state index in [1.54, 1.807) is 24.0 Å². The highest BCUT2D eigenvalue weighted by atomic mass is 79.9. The number of esters is 1. The van der Waals surface area contributed by atoms with E-state index < -0.39 is 5.97 Å². The van der Waals surface area contributed by atoms with Gasteiger partial charge in [0.05, 0.1) is 6.61 Å². The average molecular weight is 473 g/mol. The molecule has 1 N–H and O–H groups in total. The van der Waals surface area contributed by atoms with Crippen LogP contribution in [0.2, 0.25) is 0 Å². The summed E-state index contributed by atoms with van der Waals surface area (Å²) in [5.74, 6) is -0.361. The number of benzene rings is 1. The zero-order valence-electron chi connectivity index (χ0n) is 17.5. The van der Waals surface area contributed by atoms with Gasteiger partial charge in [-0.25, -0.2) is 4.79 Å². The number of halogens is 1. The number of aromatic amines is 1. The van der Waals surface area contributed by atoms with Crippen molar-refractivity contribution in [1.82, 2.24) is 9.88 Å². The van der Waals surface area contributed by atoms with Crippen LogP contribution >= 0.6 is 15.9 Å². The monoisotopic (exact) mass is 472 g/mol. The van der Waals surface area contributed by atoms with Crippen molar-refractivity contribution >= 4 is 27.8 Å². The summed E-state index contributed by atoms with van der Waals surface area (Å²) in [4.78, 5) is 30.3. The second-order valence-corrected chi connectivity index (χ2v) is 7.98. The summed E-state index contributed by atoms with van der Waals surface area (Å²) in [5.41, 5.74) is 5.10. The molecule has 0 radical (unpaired) electrons. The average Bonchev–Trinajstić information content (AvgIpc) is 3.27. The summed E-state index contributed by atoms with van der Waals surface area (Å²) in [7, 11) is 0. The lowest BCUT2D eigenvalue weighted by Gasteiger charge is -2.22. The van der Waals surface area contributed by atoms with Gasteiger partial charge >= 0.3 is 5.97 Å². The number of nitrogens with one attached hydrogen (secondary N) is 1. The van der Waals surface area contributed by atoms with Crippen molar-refractivity contribution < 1.29 is 18.7 Å². The molecule has 1 amide bonds. The molecule has 3 aromatic rings. The van der Waals surface area contributed by atoms with Crippen LogP contribution in [-0.4, -0.2) is 28.4 Å². The van der Waals surface area contributed by atoms with Crippen molar-refractivity contribution in [3.05, 3.63) is 80.5 Å².